The normalized spacial score (nSPS) is 10.6. The summed E-state index contributed by atoms with van der Waals surface area (Å²) < 4.78 is 10.3. The number of ether oxygens (including phenoxy) is 2. The molecular formula is C10H17N3O2S. The van der Waals surface area contributed by atoms with Gasteiger partial charge in [0.2, 0.25) is 0 Å². The molecular weight excluding hydrogens is 226 g/mol. The molecule has 0 aliphatic heterocycles. The summed E-state index contributed by atoms with van der Waals surface area (Å²) in [5.41, 5.74) is 5.65. The van der Waals surface area contributed by atoms with E-state index in [2.05, 4.69) is 9.97 Å². The summed E-state index contributed by atoms with van der Waals surface area (Å²) in [5.74, 6) is 1.31. The maximum absolute atomic E-state index is 5.65. The summed E-state index contributed by atoms with van der Waals surface area (Å²) in [5, 5.41) is 0.767. The van der Waals surface area contributed by atoms with Crippen LogP contribution in [0, 0.1) is 0 Å². The minimum Gasteiger partial charge on any atom is -0.385 e. The van der Waals surface area contributed by atoms with E-state index in [4.69, 9.17) is 15.2 Å². The van der Waals surface area contributed by atoms with Crippen molar-refractivity contribution < 1.29 is 9.47 Å². The Labute approximate surface area is 99.8 Å². The molecule has 0 aliphatic rings. The Morgan fingerprint density at radius 2 is 2.06 bits per heavy atom. The van der Waals surface area contributed by atoms with Crippen molar-refractivity contribution in [3.63, 3.8) is 0 Å². The first kappa shape index (κ1) is 13.2. The zero-order valence-corrected chi connectivity index (χ0v) is 10.2. The van der Waals surface area contributed by atoms with Gasteiger partial charge in [-0.05, 0) is 6.42 Å². The molecule has 0 radical (unpaired) electrons. The van der Waals surface area contributed by atoms with Gasteiger partial charge < -0.3 is 15.2 Å². The molecule has 5 nitrogen and oxygen atoms in total. The van der Waals surface area contributed by atoms with Crippen molar-refractivity contribution in [2.45, 2.75) is 11.4 Å². The summed E-state index contributed by atoms with van der Waals surface area (Å²) in [6.45, 7) is 2.15. The number of nitrogens with two attached hydrogens (primary N) is 1. The maximum atomic E-state index is 5.65. The molecule has 1 aromatic heterocycles. The lowest BCUT2D eigenvalue weighted by molar-refractivity contribution is 0.113. The van der Waals surface area contributed by atoms with Crippen LogP contribution in [0.25, 0.3) is 0 Å². The zero-order valence-electron chi connectivity index (χ0n) is 9.39. The van der Waals surface area contributed by atoms with Crippen molar-refractivity contribution in [3.05, 3.63) is 12.4 Å². The van der Waals surface area contributed by atoms with Crippen molar-refractivity contribution in [1.82, 2.24) is 9.97 Å². The Kier molecular flexibility index (Phi) is 6.87. The van der Waals surface area contributed by atoms with Crippen LogP contribution in [-0.2, 0) is 9.47 Å². The molecule has 0 spiro atoms. The predicted octanol–water partition coefficient (Wildman–Crippen LogP) is 1.20. The first-order valence-electron chi connectivity index (χ1n) is 5.10. The molecule has 0 bridgehead atoms. The lowest BCUT2D eigenvalue weighted by atomic mass is 10.5. The SMILES string of the molecule is COCCCOCCSc1nccnc1N. The third kappa shape index (κ3) is 5.29. The number of hydrogen-bond donors (Lipinski definition) is 1. The van der Waals surface area contributed by atoms with Gasteiger partial charge in [0.1, 0.15) is 5.03 Å². The molecule has 0 saturated carbocycles. The molecule has 0 fully saturated rings. The third-order valence-electron chi connectivity index (χ3n) is 1.79. The van der Waals surface area contributed by atoms with Crippen molar-refractivity contribution in [2.75, 3.05) is 38.4 Å². The van der Waals surface area contributed by atoms with E-state index in [0.29, 0.717) is 12.4 Å². The number of thioether (sulfide) groups is 1. The van der Waals surface area contributed by atoms with Crippen LogP contribution in [0.5, 0.6) is 0 Å². The second-order valence-corrected chi connectivity index (χ2v) is 4.14. The van der Waals surface area contributed by atoms with Gasteiger partial charge in [0, 0.05) is 38.5 Å². The molecule has 6 heteroatoms. The number of nitrogen functional groups attached to an aromatic ring is 1. The van der Waals surface area contributed by atoms with Crippen molar-refractivity contribution in [2.24, 2.45) is 0 Å². The van der Waals surface area contributed by atoms with Crippen LogP contribution in [0.2, 0.25) is 0 Å². The van der Waals surface area contributed by atoms with E-state index in [1.165, 1.54) is 0 Å². The molecule has 0 aliphatic carbocycles. The Morgan fingerprint density at radius 1 is 1.25 bits per heavy atom. The number of aromatic nitrogens is 2. The summed E-state index contributed by atoms with van der Waals surface area (Å²) in [4.78, 5) is 8.08. The highest BCUT2D eigenvalue weighted by Gasteiger charge is 2.00. The van der Waals surface area contributed by atoms with Gasteiger partial charge in [-0.2, -0.15) is 0 Å². The molecule has 1 aromatic rings. The molecule has 1 rings (SSSR count). The quantitative estimate of drug-likeness (QED) is 0.546. The fourth-order valence-corrected chi connectivity index (χ4v) is 1.78. The van der Waals surface area contributed by atoms with Gasteiger partial charge in [0.25, 0.3) is 0 Å². The molecule has 90 valence electrons. The summed E-state index contributed by atoms with van der Waals surface area (Å²) in [7, 11) is 1.69. The van der Waals surface area contributed by atoms with Crippen LogP contribution in [0.1, 0.15) is 6.42 Å². The second-order valence-electron chi connectivity index (χ2n) is 3.05. The summed E-state index contributed by atoms with van der Waals surface area (Å²) >= 11 is 1.56. The van der Waals surface area contributed by atoms with Gasteiger partial charge in [-0.3, -0.25) is 0 Å². The maximum Gasteiger partial charge on any atom is 0.156 e. The van der Waals surface area contributed by atoms with Crippen LogP contribution in [0.15, 0.2) is 17.4 Å². The van der Waals surface area contributed by atoms with Gasteiger partial charge in [-0.1, -0.05) is 0 Å². The molecule has 0 atom stereocenters. The Hall–Kier alpha value is -0.850. The third-order valence-corrected chi connectivity index (χ3v) is 2.75. The molecule has 1 heterocycles. The summed E-state index contributed by atoms with van der Waals surface area (Å²) in [6.07, 6.45) is 4.15. The van der Waals surface area contributed by atoms with Gasteiger partial charge in [0.05, 0.1) is 6.61 Å². The second kappa shape index (κ2) is 8.32. The van der Waals surface area contributed by atoms with Crippen LogP contribution in [0.3, 0.4) is 0 Å². The Bertz CT molecular complexity index is 299. The summed E-state index contributed by atoms with van der Waals surface area (Å²) in [6, 6.07) is 0. The van der Waals surface area contributed by atoms with Crippen molar-refractivity contribution in [3.8, 4) is 0 Å². The highest BCUT2D eigenvalue weighted by atomic mass is 32.2. The highest BCUT2D eigenvalue weighted by Crippen LogP contribution is 2.18. The van der Waals surface area contributed by atoms with E-state index in [-0.39, 0.29) is 0 Å². The van der Waals surface area contributed by atoms with E-state index in [9.17, 15) is 0 Å². The average Bonchev–Trinajstić information content (AvgIpc) is 2.30. The van der Waals surface area contributed by atoms with E-state index in [1.807, 2.05) is 0 Å². The minimum atomic E-state index is 0.479. The number of nitrogens with zero attached hydrogens (tertiary/aromatic N) is 2. The number of methoxy groups -OCH3 is 1. The molecule has 2 N–H and O–H groups in total. The number of hydrogen-bond acceptors (Lipinski definition) is 6. The monoisotopic (exact) mass is 243 g/mol. The van der Waals surface area contributed by atoms with Gasteiger partial charge in [-0.15, -0.1) is 11.8 Å². The molecule has 0 amide bonds. The van der Waals surface area contributed by atoms with E-state index >= 15 is 0 Å². The molecule has 0 aromatic carbocycles. The van der Waals surface area contributed by atoms with Gasteiger partial charge in [0.15, 0.2) is 5.82 Å². The molecule has 16 heavy (non-hydrogen) atoms. The molecule has 0 unspecified atom stereocenters. The van der Waals surface area contributed by atoms with Crippen molar-refractivity contribution in [1.29, 1.82) is 0 Å². The average molecular weight is 243 g/mol. The van der Waals surface area contributed by atoms with Crippen LogP contribution < -0.4 is 5.73 Å². The van der Waals surface area contributed by atoms with Crippen molar-refractivity contribution >= 4 is 17.6 Å². The first-order chi connectivity index (χ1) is 7.84. The minimum absolute atomic E-state index is 0.479. The predicted molar refractivity (Wildman–Crippen MR) is 64.5 cm³/mol. The van der Waals surface area contributed by atoms with Crippen LogP contribution in [-0.4, -0.2) is 42.7 Å². The Morgan fingerprint density at radius 3 is 2.81 bits per heavy atom. The lowest BCUT2D eigenvalue weighted by Gasteiger charge is -2.04. The number of rotatable bonds is 8. The lowest BCUT2D eigenvalue weighted by Crippen LogP contribution is -2.03. The van der Waals surface area contributed by atoms with E-state index < -0.39 is 0 Å². The number of anilines is 1. The zero-order chi connectivity index (χ0) is 11.6. The van der Waals surface area contributed by atoms with Gasteiger partial charge in [-0.25, -0.2) is 9.97 Å². The fourth-order valence-electron chi connectivity index (χ4n) is 1.05. The highest BCUT2D eigenvalue weighted by molar-refractivity contribution is 7.99. The van der Waals surface area contributed by atoms with Gasteiger partial charge >= 0.3 is 0 Å². The van der Waals surface area contributed by atoms with E-state index in [1.54, 1.807) is 31.3 Å². The smallest absolute Gasteiger partial charge is 0.156 e. The van der Waals surface area contributed by atoms with E-state index in [0.717, 1.165) is 30.4 Å². The standard InChI is InChI=1S/C10H17N3O2S/c1-14-5-2-6-15-7-8-16-10-9(11)12-3-4-13-10/h3-4H,2,5-8H2,1H3,(H2,11,12). The topological polar surface area (TPSA) is 70.3 Å². The molecule has 0 saturated heterocycles. The fraction of sp³-hybridized carbons (Fsp3) is 0.600. The van der Waals surface area contributed by atoms with Crippen LogP contribution >= 0.6 is 11.8 Å². The largest absolute Gasteiger partial charge is 0.385 e. The van der Waals surface area contributed by atoms with Crippen LogP contribution in [0.4, 0.5) is 5.82 Å². The first-order valence-corrected chi connectivity index (χ1v) is 6.09. The Balaban J connectivity index is 2.05.